The minimum absolute atomic E-state index is 0.163. The lowest BCUT2D eigenvalue weighted by atomic mass is 9.86. The van der Waals surface area contributed by atoms with Gasteiger partial charge >= 0.3 is 0 Å². The van der Waals surface area contributed by atoms with Gasteiger partial charge in [0.15, 0.2) is 0 Å². The number of nitrogens with zero attached hydrogens (tertiary/aromatic N) is 1. The fourth-order valence-electron chi connectivity index (χ4n) is 2.78. The summed E-state index contributed by atoms with van der Waals surface area (Å²) in [6.07, 6.45) is 4.95. The second-order valence-corrected chi connectivity index (χ2v) is 6.52. The Bertz CT molecular complexity index is 391. The Morgan fingerprint density at radius 1 is 1.47 bits per heavy atom. The van der Waals surface area contributed by atoms with Crippen LogP contribution in [0.25, 0.3) is 0 Å². The average Bonchev–Trinajstić information content (AvgIpc) is 2.84. The number of hydrogen-bond donors (Lipinski definition) is 1. The number of nitrogens with one attached hydrogen (secondary N) is 1. The van der Waals surface area contributed by atoms with Gasteiger partial charge in [0.2, 0.25) is 5.91 Å². The van der Waals surface area contributed by atoms with Gasteiger partial charge in [0.05, 0.1) is 6.54 Å². The van der Waals surface area contributed by atoms with Gasteiger partial charge < -0.3 is 5.32 Å². The van der Waals surface area contributed by atoms with E-state index in [1.54, 1.807) is 11.3 Å². The van der Waals surface area contributed by atoms with Crippen molar-refractivity contribution < 1.29 is 4.79 Å². The standard InChI is InChI=1S/C15H24N2OS/c1-12-5-3-4-6-14(12)16-15(18)10-17(2)9-13-7-8-19-11-13/h7-8,11-12,14H,3-6,9-10H2,1-2H3,(H,16,18)/t12-,14-/m1/s1. The summed E-state index contributed by atoms with van der Waals surface area (Å²) in [6, 6.07) is 2.50. The molecular formula is C15H24N2OS. The molecule has 1 aromatic heterocycles. The minimum atomic E-state index is 0.163. The number of thiophene rings is 1. The summed E-state index contributed by atoms with van der Waals surface area (Å²) in [5.74, 6) is 0.788. The van der Waals surface area contributed by atoms with Crippen LogP contribution in [0.4, 0.5) is 0 Å². The quantitative estimate of drug-likeness (QED) is 0.899. The van der Waals surface area contributed by atoms with Crippen molar-refractivity contribution in [3.05, 3.63) is 22.4 Å². The maximum atomic E-state index is 12.0. The highest BCUT2D eigenvalue weighted by Gasteiger charge is 2.22. The first kappa shape index (κ1) is 14.5. The minimum Gasteiger partial charge on any atom is -0.352 e. The highest BCUT2D eigenvalue weighted by Crippen LogP contribution is 2.23. The fourth-order valence-corrected chi connectivity index (χ4v) is 3.44. The van der Waals surface area contributed by atoms with Gasteiger partial charge in [0, 0.05) is 12.6 Å². The number of hydrogen-bond acceptors (Lipinski definition) is 3. The lowest BCUT2D eigenvalue weighted by Gasteiger charge is -2.30. The van der Waals surface area contributed by atoms with Crippen LogP contribution in [0.3, 0.4) is 0 Å². The summed E-state index contributed by atoms with van der Waals surface area (Å²) in [5.41, 5.74) is 1.28. The molecule has 19 heavy (non-hydrogen) atoms. The first-order chi connectivity index (χ1) is 9.15. The third-order valence-corrected chi connectivity index (χ3v) is 4.64. The second kappa shape index (κ2) is 7.06. The van der Waals surface area contributed by atoms with Crippen molar-refractivity contribution >= 4 is 17.2 Å². The Balaban J connectivity index is 1.74. The van der Waals surface area contributed by atoms with E-state index in [1.165, 1.54) is 24.8 Å². The van der Waals surface area contributed by atoms with E-state index < -0.39 is 0 Å². The molecule has 0 saturated heterocycles. The lowest BCUT2D eigenvalue weighted by Crippen LogP contribution is -2.44. The predicted octanol–water partition coefficient (Wildman–Crippen LogP) is 2.87. The van der Waals surface area contributed by atoms with E-state index in [1.807, 2.05) is 7.05 Å². The van der Waals surface area contributed by atoms with Gasteiger partial charge in [-0.2, -0.15) is 11.3 Å². The average molecular weight is 280 g/mol. The second-order valence-electron chi connectivity index (χ2n) is 5.74. The smallest absolute Gasteiger partial charge is 0.234 e. The molecule has 1 saturated carbocycles. The summed E-state index contributed by atoms with van der Waals surface area (Å²) in [7, 11) is 2.00. The third-order valence-electron chi connectivity index (χ3n) is 3.90. The number of amides is 1. The molecule has 1 aliphatic rings. The van der Waals surface area contributed by atoms with Gasteiger partial charge in [-0.25, -0.2) is 0 Å². The predicted molar refractivity (Wildman–Crippen MR) is 80.2 cm³/mol. The molecule has 2 rings (SSSR count). The van der Waals surface area contributed by atoms with Crippen LogP contribution < -0.4 is 5.32 Å². The van der Waals surface area contributed by atoms with E-state index in [9.17, 15) is 4.79 Å². The van der Waals surface area contributed by atoms with Crippen LogP contribution in [0, 0.1) is 5.92 Å². The Hall–Kier alpha value is -0.870. The van der Waals surface area contributed by atoms with Crippen molar-refractivity contribution in [1.29, 1.82) is 0 Å². The molecule has 1 heterocycles. The van der Waals surface area contributed by atoms with Gasteiger partial charge in [0.25, 0.3) is 0 Å². The van der Waals surface area contributed by atoms with E-state index in [-0.39, 0.29) is 5.91 Å². The molecule has 1 fully saturated rings. The maximum Gasteiger partial charge on any atom is 0.234 e. The largest absolute Gasteiger partial charge is 0.352 e. The van der Waals surface area contributed by atoms with Gasteiger partial charge in [0.1, 0.15) is 0 Å². The molecule has 0 aliphatic heterocycles. The Morgan fingerprint density at radius 3 is 2.95 bits per heavy atom. The summed E-state index contributed by atoms with van der Waals surface area (Å²) in [5, 5.41) is 7.41. The first-order valence-electron chi connectivity index (χ1n) is 7.14. The zero-order valence-electron chi connectivity index (χ0n) is 11.9. The molecule has 0 unspecified atom stereocenters. The molecule has 4 heteroatoms. The van der Waals surface area contributed by atoms with Crippen LogP contribution in [0.5, 0.6) is 0 Å². The summed E-state index contributed by atoms with van der Waals surface area (Å²) in [6.45, 7) is 3.58. The molecule has 0 radical (unpaired) electrons. The normalized spacial score (nSPS) is 23.5. The summed E-state index contributed by atoms with van der Waals surface area (Å²) >= 11 is 1.70. The molecule has 1 aromatic rings. The van der Waals surface area contributed by atoms with Crippen LogP contribution in [0.1, 0.15) is 38.2 Å². The van der Waals surface area contributed by atoms with E-state index in [2.05, 4.69) is 34.0 Å². The molecule has 0 spiro atoms. The van der Waals surface area contributed by atoms with E-state index in [0.29, 0.717) is 18.5 Å². The lowest BCUT2D eigenvalue weighted by molar-refractivity contribution is -0.123. The maximum absolute atomic E-state index is 12.0. The highest BCUT2D eigenvalue weighted by molar-refractivity contribution is 7.07. The van der Waals surface area contributed by atoms with E-state index >= 15 is 0 Å². The van der Waals surface area contributed by atoms with Crippen molar-refractivity contribution in [3.63, 3.8) is 0 Å². The number of likely N-dealkylation sites (N-methyl/N-ethyl adjacent to an activating group) is 1. The number of carbonyl (C=O) groups excluding carboxylic acids is 1. The number of rotatable bonds is 5. The molecule has 0 bridgehead atoms. The van der Waals surface area contributed by atoms with Gasteiger partial charge in [-0.1, -0.05) is 19.8 Å². The Morgan fingerprint density at radius 2 is 2.26 bits per heavy atom. The van der Waals surface area contributed by atoms with Crippen LogP contribution in [0.2, 0.25) is 0 Å². The van der Waals surface area contributed by atoms with Gasteiger partial charge in [-0.05, 0) is 48.2 Å². The fraction of sp³-hybridized carbons (Fsp3) is 0.667. The molecule has 3 nitrogen and oxygen atoms in total. The van der Waals surface area contributed by atoms with Crippen LogP contribution in [-0.4, -0.2) is 30.4 Å². The Labute approximate surface area is 120 Å². The summed E-state index contributed by atoms with van der Waals surface area (Å²) in [4.78, 5) is 14.1. The summed E-state index contributed by atoms with van der Waals surface area (Å²) < 4.78 is 0. The topological polar surface area (TPSA) is 32.3 Å². The van der Waals surface area contributed by atoms with Crippen LogP contribution in [0.15, 0.2) is 16.8 Å². The van der Waals surface area contributed by atoms with E-state index in [0.717, 1.165) is 13.0 Å². The molecule has 1 N–H and O–H groups in total. The molecular weight excluding hydrogens is 256 g/mol. The molecule has 1 aliphatic carbocycles. The molecule has 2 atom stereocenters. The van der Waals surface area contributed by atoms with Crippen molar-refractivity contribution in [3.8, 4) is 0 Å². The van der Waals surface area contributed by atoms with Crippen molar-refractivity contribution in [2.75, 3.05) is 13.6 Å². The zero-order valence-corrected chi connectivity index (χ0v) is 12.7. The Kier molecular flexibility index (Phi) is 5.40. The SMILES string of the molecule is C[C@@H]1CCCC[C@H]1NC(=O)CN(C)Cc1ccsc1. The van der Waals surface area contributed by atoms with Gasteiger partial charge in [-0.15, -0.1) is 0 Å². The van der Waals surface area contributed by atoms with Crippen molar-refractivity contribution in [1.82, 2.24) is 10.2 Å². The molecule has 106 valence electrons. The molecule has 1 amide bonds. The molecule has 0 aromatic carbocycles. The third kappa shape index (κ3) is 4.62. The van der Waals surface area contributed by atoms with E-state index in [4.69, 9.17) is 0 Å². The van der Waals surface area contributed by atoms with Gasteiger partial charge in [-0.3, -0.25) is 9.69 Å². The highest BCUT2D eigenvalue weighted by atomic mass is 32.1. The first-order valence-corrected chi connectivity index (χ1v) is 8.08. The number of carbonyl (C=O) groups is 1. The van der Waals surface area contributed by atoms with Crippen LogP contribution >= 0.6 is 11.3 Å². The monoisotopic (exact) mass is 280 g/mol. The van der Waals surface area contributed by atoms with Crippen molar-refractivity contribution in [2.45, 2.75) is 45.2 Å². The zero-order chi connectivity index (χ0) is 13.7. The van der Waals surface area contributed by atoms with Crippen molar-refractivity contribution in [2.24, 2.45) is 5.92 Å². The van der Waals surface area contributed by atoms with Crippen LogP contribution in [-0.2, 0) is 11.3 Å².